The topological polar surface area (TPSA) is 92.8 Å². The van der Waals surface area contributed by atoms with Crippen LogP contribution in [0.3, 0.4) is 0 Å². The number of carbonyl (C=O) groups is 2. The third-order valence-electron chi connectivity index (χ3n) is 4.02. The maximum Gasteiger partial charge on any atom is 0.334 e. The minimum atomic E-state index is -0.682. The molecule has 25 heavy (non-hydrogen) atoms. The van der Waals surface area contributed by atoms with E-state index in [0.29, 0.717) is 24.9 Å². The SMILES string of the molecule is COc1cc(C#N)ccc1OC(=O)C1CCCN1C(=O)c1ccco1. The predicted octanol–water partition coefficient (Wildman–Crippen LogP) is 2.37. The first kappa shape index (κ1) is 16.6. The number of likely N-dealkylation sites (tertiary alicyclic amines) is 1. The highest BCUT2D eigenvalue weighted by Gasteiger charge is 2.37. The van der Waals surface area contributed by atoms with Gasteiger partial charge >= 0.3 is 5.97 Å². The largest absolute Gasteiger partial charge is 0.493 e. The number of ether oxygens (including phenoxy) is 2. The van der Waals surface area contributed by atoms with Crippen molar-refractivity contribution < 1.29 is 23.5 Å². The lowest BCUT2D eigenvalue weighted by Crippen LogP contribution is -2.42. The zero-order valence-corrected chi connectivity index (χ0v) is 13.6. The number of amides is 1. The minimum Gasteiger partial charge on any atom is -0.493 e. The number of hydrogen-bond acceptors (Lipinski definition) is 6. The van der Waals surface area contributed by atoms with Crippen LogP contribution in [0.4, 0.5) is 0 Å². The third kappa shape index (κ3) is 3.33. The Bertz CT molecular complexity index is 822. The highest BCUT2D eigenvalue weighted by Crippen LogP contribution is 2.30. The Labute approximate surface area is 144 Å². The van der Waals surface area contributed by atoms with Gasteiger partial charge in [-0.15, -0.1) is 0 Å². The number of carbonyl (C=O) groups excluding carboxylic acids is 2. The minimum absolute atomic E-state index is 0.190. The van der Waals surface area contributed by atoms with E-state index in [1.165, 1.54) is 36.5 Å². The molecule has 128 valence electrons. The number of rotatable bonds is 4. The number of furan rings is 1. The maximum atomic E-state index is 12.6. The van der Waals surface area contributed by atoms with Gasteiger partial charge in [0.05, 0.1) is 25.0 Å². The lowest BCUT2D eigenvalue weighted by Gasteiger charge is -2.22. The molecule has 1 aliphatic rings. The lowest BCUT2D eigenvalue weighted by atomic mass is 10.2. The van der Waals surface area contributed by atoms with Crippen LogP contribution in [0.15, 0.2) is 41.0 Å². The van der Waals surface area contributed by atoms with E-state index in [9.17, 15) is 9.59 Å². The Morgan fingerprint density at radius 1 is 1.32 bits per heavy atom. The molecule has 7 heteroatoms. The molecule has 0 aliphatic carbocycles. The Hall–Kier alpha value is -3.27. The van der Waals surface area contributed by atoms with Gasteiger partial charge in [-0.05, 0) is 37.1 Å². The van der Waals surface area contributed by atoms with Crippen molar-refractivity contribution in [2.45, 2.75) is 18.9 Å². The molecule has 0 bridgehead atoms. The Morgan fingerprint density at radius 2 is 2.16 bits per heavy atom. The summed E-state index contributed by atoms with van der Waals surface area (Å²) in [5.74, 6) is -0.189. The molecule has 2 heterocycles. The highest BCUT2D eigenvalue weighted by molar-refractivity contribution is 5.95. The molecular weight excluding hydrogens is 324 g/mol. The molecule has 0 spiro atoms. The molecular formula is C18H16N2O5. The second kappa shape index (κ2) is 7.09. The molecule has 0 N–H and O–H groups in total. The van der Waals surface area contributed by atoms with E-state index >= 15 is 0 Å². The van der Waals surface area contributed by atoms with Crippen LogP contribution < -0.4 is 9.47 Å². The van der Waals surface area contributed by atoms with Crippen LogP contribution in [-0.4, -0.2) is 36.5 Å². The van der Waals surface area contributed by atoms with E-state index in [1.807, 2.05) is 6.07 Å². The number of hydrogen-bond donors (Lipinski definition) is 0. The number of methoxy groups -OCH3 is 1. The van der Waals surface area contributed by atoms with Crippen molar-refractivity contribution in [1.82, 2.24) is 4.90 Å². The van der Waals surface area contributed by atoms with E-state index in [-0.39, 0.29) is 23.2 Å². The fraction of sp³-hybridized carbons (Fsp3) is 0.278. The smallest absolute Gasteiger partial charge is 0.334 e. The van der Waals surface area contributed by atoms with E-state index in [4.69, 9.17) is 19.2 Å². The van der Waals surface area contributed by atoms with Gasteiger partial charge in [0.25, 0.3) is 5.91 Å². The first-order chi connectivity index (χ1) is 12.1. The van der Waals surface area contributed by atoms with Gasteiger partial charge in [0.15, 0.2) is 17.3 Å². The van der Waals surface area contributed by atoms with Gasteiger partial charge in [0.1, 0.15) is 6.04 Å². The van der Waals surface area contributed by atoms with Crippen LogP contribution in [0.1, 0.15) is 29.0 Å². The Balaban J connectivity index is 1.76. The van der Waals surface area contributed by atoms with E-state index in [2.05, 4.69) is 0 Å². The van der Waals surface area contributed by atoms with Crippen molar-refractivity contribution in [1.29, 1.82) is 5.26 Å². The van der Waals surface area contributed by atoms with E-state index in [1.54, 1.807) is 12.1 Å². The van der Waals surface area contributed by atoms with Gasteiger partial charge in [0, 0.05) is 12.6 Å². The van der Waals surface area contributed by atoms with E-state index < -0.39 is 12.0 Å². The molecule has 0 radical (unpaired) electrons. The van der Waals surface area contributed by atoms with Crippen molar-refractivity contribution in [3.63, 3.8) is 0 Å². The van der Waals surface area contributed by atoms with E-state index in [0.717, 1.165) is 0 Å². The molecule has 1 aromatic heterocycles. The van der Waals surface area contributed by atoms with Gasteiger partial charge in [0.2, 0.25) is 0 Å². The fourth-order valence-corrected chi connectivity index (χ4v) is 2.79. The summed E-state index contributed by atoms with van der Waals surface area (Å²) in [5, 5.41) is 8.92. The highest BCUT2D eigenvalue weighted by atomic mass is 16.6. The molecule has 1 fully saturated rings. The first-order valence-electron chi connectivity index (χ1n) is 7.78. The average Bonchev–Trinajstić information content (AvgIpc) is 3.33. The zero-order valence-electron chi connectivity index (χ0n) is 13.6. The molecule has 1 atom stereocenters. The predicted molar refractivity (Wildman–Crippen MR) is 86.1 cm³/mol. The zero-order chi connectivity index (χ0) is 17.8. The lowest BCUT2D eigenvalue weighted by molar-refractivity contribution is -0.138. The summed E-state index contributed by atoms with van der Waals surface area (Å²) < 4.78 is 15.7. The van der Waals surface area contributed by atoms with Gasteiger partial charge in [-0.2, -0.15) is 5.26 Å². The Morgan fingerprint density at radius 3 is 2.84 bits per heavy atom. The maximum absolute atomic E-state index is 12.6. The summed E-state index contributed by atoms with van der Waals surface area (Å²) in [4.78, 5) is 26.5. The van der Waals surface area contributed by atoms with Crippen LogP contribution in [-0.2, 0) is 4.79 Å². The summed E-state index contributed by atoms with van der Waals surface area (Å²) in [7, 11) is 1.43. The van der Waals surface area contributed by atoms with Gasteiger partial charge in [-0.3, -0.25) is 4.79 Å². The van der Waals surface area contributed by atoms with Crippen LogP contribution in [0.5, 0.6) is 11.5 Å². The van der Waals surface area contributed by atoms with Crippen molar-refractivity contribution in [3.05, 3.63) is 47.9 Å². The average molecular weight is 340 g/mol. The monoisotopic (exact) mass is 340 g/mol. The van der Waals surface area contributed by atoms with Gasteiger partial charge in [-0.1, -0.05) is 0 Å². The van der Waals surface area contributed by atoms with Crippen molar-refractivity contribution >= 4 is 11.9 Å². The molecule has 1 unspecified atom stereocenters. The van der Waals surface area contributed by atoms with Crippen LogP contribution >= 0.6 is 0 Å². The molecule has 1 saturated heterocycles. The number of nitrogens with zero attached hydrogens (tertiary/aromatic N) is 2. The molecule has 0 saturated carbocycles. The summed E-state index contributed by atoms with van der Waals surface area (Å²) in [6.45, 7) is 0.462. The number of esters is 1. The first-order valence-corrected chi connectivity index (χ1v) is 7.78. The quantitative estimate of drug-likeness (QED) is 0.627. The fourth-order valence-electron chi connectivity index (χ4n) is 2.79. The van der Waals surface area contributed by atoms with Crippen molar-refractivity contribution in [2.24, 2.45) is 0 Å². The Kier molecular flexibility index (Phi) is 4.70. The molecule has 3 rings (SSSR count). The normalized spacial score (nSPS) is 16.3. The molecule has 1 aliphatic heterocycles. The van der Waals surface area contributed by atoms with Gasteiger partial charge < -0.3 is 18.8 Å². The molecule has 1 aromatic carbocycles. The molecule has 1 amide bonds. The standard InChI is InChI=1S/C18H16N2O5/c1-23-16-10-12(11-19)6-7-14(16)25-18(22)13-4-2-8-20(13)17(21)15-5-3-9-24-15/h3,5-7,9-10,13H,2,4,8H2,1H3. The summed E-state index contributed by atoms with van der Waals surface area (Å²) >= 11 is 0. The van der Waals surface area contributed by atoms with Gasteiger partial charge in [-0.25, -0.2) is 4.79 Å². The molecule has 7 nitrogen and oxygen atoms in total. The third-order valence-corrected chi connectivity index (χ3v) is 4.02. The van der Waals surface area contributed by atoms with Crippen molar-refractivity contribution in [3.8, 4) is 17.6 Å². The summed E-state index contributed by atoms with van der Waals surface area (Å²) in [6, 6.07) is 9.02. The molecule has 2 aromatic rings. The van der Waals surface area contributed by atoms with Crippen LogP contribution in [0.2, 0.25) is 0 Å². The summed E-state index contributed by atoms with van der Waals surface area (Å²) in [6.07, 6.45) is 2.64. The van der Waals surface area contributed by atoms with Crippen LogP contribution in [0, 0.1) is 11.3 Å². The second-order valence-electron chi connectivity index (χ2n) is 5.53. The number of nitriles is 1. The van der Waals surface area contributed by atoms with Crippen LogP contribution in [0.25, 0.3) is 0 Å². The second-order valence-corrected chi connectivity index (χ2v) is 5.53. The number of benzene rings is 1. The summed E-state index contributed by atoms with van der Waals surface area (Å²) in [5.41, 5.74) is 0.395. The van der Waals surface area contributed by atoms with Crippen molar-refractivity contribution in [2.75, 3.05) is 13.7 Å².